The quantitative estimate of drug-likeness (QED) is 0.774. The van der Waals surface area contributed by atoms with Gasteiger partial charge in [-0.05, 0) is 41.9 Å². The van der Waals surface area contributed by atoms with Crippen LogP contribution in [0.5, 0.6) is 0 Å². The van der Waals surface area contributed by atoms with Gasteiger partial charge in [0.1, 0.15) is 4.88 Å². The third-order valence-corrected chi connectivity index (χ3v) is 4.60. The largest absolute Gasteiger partial charge is 0.459 e. The van der Waals surface area contributed by atoms with E-state index < -0.39 is 0 Å². The number of halogens is 1. The third-order valence-electron chi connectivity index (χ3n) is 1.73. The van der Waals surface area contributed by atoms with Crippen LogP contribution in [0.3, 0.4) is 0 Å². The van der Waals surface area contributed by atoms with E-state index >= 15 is 0 Å². The molecule has 0 spiro atoms. The van der Waals surface area contributed by atoms with Crippen molar-refractivity contribution in [2.75, 3.05) is 0 Å². The van der Waals surface area contributed by atoms with Crippen LogP contribution in [0.1, 0.15) is 23.5 Å². The molecule has 0 radical (unpaired) electrons. The molecule has 0 saturated heterocycles. The summed E-state index contributed by atoms with van der Waals surface area (Å²) in [5.74, 6) is -0.227. The van der Waals surface area contributed by atoms with Gasteiger partial charge < -0.3 is 4.74 Å². The standard InChI is InChI=1S/C10H9BrO2S2/c1-5(2)13-9(12)7-3-6-4-8(11)15-10(6)14-7/h3-5H,1-2H3. The average molecular weight is 305 g/mol. The molecule has 0 atom stereocenters. The SMILES string of the molecule is CC(C)OC(=O)c1cc2cc(Br)sc2s1. The molecule has 15 heavy (non-hydrogen) atoms. The lowest BCUT2D eigenvalue weighted by atomic mass is 10.3. The molecular formula is C10H9BrO2S2. The molecule has 2 heterocycles. The zero-order valence-electron chi connectivity index (χ0n) is 8.24. The molecule has 80 valence electrons. The van der Waals surface area contributed by atoms with Gasteiger partial charge in [-0.2, -0.15) is 0 Å². The third kappa shape index (κ3) is 2.41. The second-order valence-electron chi connectivity index (χ2n) is 3.36. The van der Waals surface area contributed by atoms with E-state index in [-0.39, 0.29) is 12.1 Å². The van der Waals surface area contributed by atoms with Gasteiger partial charge in [-0.25, -0.2) is 4.79 Å². The van der Waals surface area contributed by atoms with Crippen molar-refractivity contribution in [1.82, 2.24) is 0 Å². The lowest BCUT2D eigenvalue weighted by molar-refractivity contribution is 0.0384. The Labute approximate surface area is 104 Å². The molecule has 0 aromatic carbocycles. The van der Waals surface area contributed by atoms with Crippen LogP contribution >= 0.6 is 38.6 Å². The van der Waals surface area contributed by atoms with E-state index in [4.69, 9.17) is 4.74 Å². The summed E-state index contributed by atoms with van der Waals surface area (Å²) < 4.78 is 7.37. The Morgan fingerprint density at radius 2 is 2.13 bits per heavy atom. The van der Waals surface area contributed by atoms with Crippen LogP contribution < -0.4 is 0 Å². The number of rotatable bonds is 2. The first-order chi connectivity index (χ1) is 7.06. The van der Waals surface area contributed by atoms with Crippen LogP contribution in [-0.4, -0.2) is 12.1 Å². The molecule has 0 N–H and O–H groups in total. The normalized spacial score (nSPS) is 11.2. The van der Waals surface area contributed by atoms with Crippen molar-refractivity contribution in [3.05, 3.63) is 20.8 Å². The van der Waals surface area contributed by atoms with Crippen molar-refractivity contribution in [1.29, 1.82) is 0 Å². The van der Waals surface area contributed by atoms with E-state index in [1.54, 1.807) is 11.3 Å². The molecule has 0 fully saturated rings. The number of esters is 1. The van der Waals surface area contributed by atoms with Gasteiger partial charge in [-0.3, -0.25) is 0 Å². The first-order valence-electron chi connectivity index (χ1n) is 4.46. The maximum atomic E-state index is 11.6. The molecule has 5 heteroatoms. The molecule has 2 aromatic rings. The minimum absolute atomic E-state index is 0.0654. The van der Waals surface area contributed by atoms with Crippen molar-refractivity contribution in [2.24, 2.45) is 0 Å². The van der Waals surface area contributed by atoms with E-state index in [1.165, 1.54) is 11.3 Å². The van der Waals surface area contributed by atoms with Crippen LogP contribution in [0.2, 0.25) is 0 Å². The van der Waals surface area contributed by atoms with E-state index in [1.807, 2.05) is 26.0 Å². The molecule has 0 aliphatic rings. The van der Waals surface area contributed by atoms with Crippen molar-refractivity contribution in [2.45, 2.75) is 20.0 Å². The predicted octanol–water partition coefficient (Wildman–Crippen LogP) is 4.29. The summed E-state index contributed by atoms with van der Waals surface area (Å²) in [4.78, 5) is 12.3. The van der Waals surface area contributed by atoms with Crippen molar-refractivity contribution < 1.29 is 9.53 Å². The molecule has 0 unspecified atom stereocenters. The highest BCUT2D eigenvalue weighted by Crippen LogP contribution is 2.36. The summed E-state index contributed by atoms with van der Waals surface area (Å²) in [6.07, 6.45) is -0.0654. The lowest BCUT2D eigenvalue weighted by Gasteiger charge is -2.05. The molecule has 0 aliphatic heterocycles. The minimum atomic E-state index is -0.227. The molecule has 0 amide bonds. The summed E-state index contributed by atoms with van der Waals surface area (Å²) in [7, 11) is 0. The minimum Gasteiger partial charge on any atom is -0.459 e. The number of thiophene rings is 2. The Balaban J connectivity index is 2.29. The molecule has 0 bridgehead atoms. The van der Waals surface area contributed by atoms with E-state index in [0.717, 1.165) is 13.2 Å². The molecular weight excluding hydrogens is 296 g/mol. The highest BCUT2D eigenvalue weighted by molar-refractivity contribution is 9.11. The highest BCUT2D eigenvalue weighted by atomic mass is 79.9. The second-order valence-corrected chi connectivity index (χ2v) is 7.10. The Kier molecular flexibility index (Phi) is 3.13. The first-order valence-corrected chi connectivity index (χ1v) is 6.88. The van der Waals surface area contributed by atoms with Crippen LogP contribution in [-0.2, 0) is 4.74 Å². The van der Waals surface area contributed by atoms with Gasteiger partial charge in [-0.1, -0.05) is 0 Å². The Morgan fingerprint density at radius 3 is 2.73 bits per heavy atom. The number of hydrogen-bond acceptors (Lipinski definition) is 4. The molecule has 2 aromatic heterocycles. The smallest absolute Gasteiger partial charge is 0.348 e. The fourth-order valence-electron chi connectivity index (χ4n) is 1.18. The zero-order valence-corrected chi connectivity index (χ0v) is 11.5. The number of fused-ring (bicyclic) bond motifs is 1. The molecule has 2 nitrogen and oxygen atoms in total. The summed E-state index contributed by atoms with van der Waals surface area (Å²) in [6, 6.07) is 3.90. The number of carbonyl (C=O) groups excluding carboxylic acids is 1. The fraction of sp³-hybridized carbons (Fsp3) is 0.300. The first kappa shape index (κ1) is 11.1. The summed E-state index contributed by atoms with van der Waals surface area (Å²) >= 11 is 6.53. The van der Waals surface area contributed by atoms with Gasteiger partial charge in [0.25, 0.3) is 0 Å². The molecule has 0 aliphatic carbocycles. The van der Waals surface area contributed by atoms with Gasteiger partial charge in [-0.15, -0.1) is 22.7 Å². The Hall–Kier alpha value is -0.390. The topological polar surface area (TPSA) is 26.3 Å². The predicted molar refractivity (Wildman–Crippen MR) is 68.0 cm³/mol. The van der Waals surface area contributed by atoms with Gasteiger partial charge in [0.2, 0.25) is 0 Å². The maximum Gasteiger partial charge on any atom is 0.348 e. The molecule has 0 saturated carbocycles. The van der Waals surface area contributed by atoms with Crippen LogP contribution in [0.4, 0.5) is 0 Å². The Bertz CT molecular complexity index is 467. The lowest BCUT2D eigenvalue weighted by Crippen LogP contribution is -2.09. The number of hydrogen-bond donors (Lipinski definition) is 0. The maximum absolute atomic E-state index is 11.6. The van der Waals surface area contributed by atoms with Gasteiger partial charge >= 0.3 is 5.97 Å². The van der Waals surface area contributed by atoms with Crippen LogP contribution in [0, 0.1) is 0 Å². The van der Waals surface area contributed by atoms with Gasteiger partial charge in [0, 0.05) is 5.39 Å². The van der Waals surface area contributed by atoms with E-state index in [0.29, 0.717) is 4.88 Å². The molecule has 2 rings (SSSR count). The summed E-state index contributed by atoms with van der Waals surface area (Å²) in [5, 5.41) is 1.10. The van der Waals surface area contributed by atoms with Crippen LogP contribution in [0.25, 0.3) is 9.40 Å². The van der Waals surface area contributed by atoms with E-state index in [2.05, 4.69) is 15.9 Å². The van der Waals surface area contributed by atoms with Crippen molar-refractivity contribution in [3.63, 3.8) is 0 Å². The number of ether oxygens (including phenoxy) is 1. The van der Waals surface area contributed by atoms with Crippen LogP contribution in [0.15, 0.2) is 15.9 Å². The van der Waals surface area contributed by atoms with E-state index in [9.17, 15) is 4.79 Å². The average Bonchev–Trinajstić information content (AvgIpc) is 2.58. The second kappa shape index (κ2) is 4.23. The summed E-state index contributed by atoms with van der Waals surface area (Å²) in [6.45, 7) is 3.70. The van der Waals surface area contributed by atoms with Crippen molar-refractivity contribution >= 4 is 54.0 Å². The van der Waals surface area contributed by atoms with Gasteiger partial charge in [0.15, 0.2) is 0 Å². The van der Waals surface area contributed by atoms with Gasteiger partial charge in [0.05, 0.1) is 13.9 Å². The zero-order chi connectivity index (χ0) is 11.0. The highest BCUT2D eigenvalue weighted by Gasteiger charge is 2.14. The van der Waals surface area contributed by atoms with Crippen molar-refractivity contribution in [3.8, 4) is 0 Å². The summed E-state index contributed by atoms with van der Waals surface area (Å²) in [5.41, 5.74) is 0. The monoisotopic (exact) mass is 304 g/mol. The number of carbonyl (C=O) groups is 1. The Morgan fingerprint density at radius 1 is 1.40 bits per heavy atom. The fourth-order valence-corrected chi connectivity index (χ4v) is 4.29.